The summed E-state index contributed by atoms with van der Waals surface area (Å²) in [4.78, 5) is 0. The monoisotopic (exact) mass is 303 g/mol. The van der Waals surface area contributed by atoms with Crippen LogP contribution in [0.2, 0.25) is 0 Å². The van der Waals surface area contributed by atoms with Crippen LogP contribution in [0.1, 0.15) is 61.8 Å². The predicted molar refractivity (Wildman–Crippen MR) is 86.0 cm³/mol. The minimum Gasteiger partial charge on any atom is -0.624 e. The van der Waals surface area contributed by atoms with Gasteiger partial charge in [-0.05, 0) is 41.0 Å². The van der Waals surface area contributed by atoms with E-state index in [1.807, 2.05) is 19.9 Å². The second kappa shape index (κ2) is 6.29. The molecule has 0 N–H and O–H groups in total. The Labute approximate surface area is 124 Å². The van der Waals surface area contributed by atoms with Crippen molar-refractivity contribution in [3.8, 4) is 0 Å². The molecule has 118 valence electrons. The van der Waals surface area contributed by atoms with Crippen LogP contribution < -0.4 is 0 Å². The minimum absolute atomic E-state index is 0.330. The van der Waals surface area contributed by atoms with Gasteiger partial charge in [-0.1, -0.05) is 11.6 Å². The second-order valence-electron chi connectivity index (χ2n) is 7.36. The van der Waals surface area contributed by atoms with E-state index < -0.39 is 25.4 Å². The maximum Gasteiger partial charge on any atom is 0.170 e. The average Bonchev–Trinajstić information content (AvgIpc) is 2.19. The lowest BCUT2D eigenvalue weighted by Gasteiger charge is -2.25. The van der Waals surface area contributed by atoms with Crippen molar-refractivity contribution in [1.82, 2.24) is 0 Å². The summed E-state index contributed by atoms with van der Waals surface area (Å²) in [5.41, 5.74) is 0.400. The highest BCUT2D eigenvalue weighted by atomic mass is 32.2. The SMILES string of the molecule is CC(C)=CCC(/C=[N+](\[O-])C(C)(C)C)S(=O)(=O)C(C)(C)C. The largest absolute Gasteiger partial charge is 0.624 e. The van der Waals surface area contributed by atoms with E-state index in [4.69, 9.17) is 0 Å². The molecule has 0 saturated carbocycles. The Kier molecular flexibility index (Phi) is 6.02. The van der Waals surface area contributed by atoms with Crippen molar-refractivity contribution < 1.29 is 13.2 Å². The maximum absolute atomic E-state index is 12.6. The molecule has 0 radical (unpaired) electrons. The Morgan fingerprint density at radius 2 is 1.60 bits per heavy atom. The van der Waals surface area contributed by atoms with Crippen molar-refractivity contribution in [3.05, 3.63) is 16.9 Å². The number of allylic oxidation sites excluding steroid dienone is 2. The molecule has 20 heavy (non-hydrogen) atoms. The van der Waals surface area contributed by atoms with Gasteiger partial charge in [-0.2, -0.15) is 0 Å². The Hall–Kier alpha value is -0.840. The van der Waals surface area contributed by atoms with Crippen LogP contribution in [0.5, 0.6) is 0 Å². The number of nitrogens with zero attached hydrogens (tertiary/aromatic N) is 1. The Balaban J connectivity index is 5.72. The van der Waals surface area contributed by atoms with Crippen molar-refractivity contribution in [2.75, 3.05) is 0 Å². The molecule has 0 fully saturated rings. The van der Waals surface area contributed by atoms with E-state index in [2.05, 4.69) is 0 Å². The van der Waals surface area contributed by atoms with Crippen molar-refractivity contribution in [2.24, 2.45) is 0 Å². The fourth-order valence-corrected chi connectivity index (χ4v) is 2.98. The van der Waals surface area contributed by atoms with Crippen molar-refractivity contribution in [1.29, 1.82) is 0 Å². The standard InChI is InChI=1S/C15H29NO3S/c1-12(2)9-10-13(11-16(17)14(3,4)5)20(18,19)15(6,7)8/h9,11,13H,10H2,1-8H3/b16-11-. The predicted octanol–water partition coefficient (Wildman–Crippen LogP) is 3.30. The molecule has 0 rings (SSSR count). The van der Waals surface area contributed by atoms with E-state index in [0.717, 1.165) is 10.3 Å². The van der Waals surface area contributed by atoms with E-state index in [1.54, 1.807) is 41.5 Å². The zero-order valence-corrected chi connectivity index (χ0v) is 14.8. The third-order valence-electron chi connectivity index (χ3n) is 2.97. The van der Waals surface area contributed by atoms with Gasteiger partial charge in [-0.25, -0.2) is 13.2 Å². The van der Waals surface area contributed by atoms with E-state index in [-0.39, 0.29) is 0 Å². The molecule has 1 atom stereocenters. The number of rotatable bonds is 4. The van der Waals surface area contributed by atoms with Gasteiger partial charge in [0, 0.05) is 20.8 Å². The molecule has 1 unspecified atom stereocenters. The van der Waals surface area contributed by atoms with E-state index >= 15 is 0 Å². The minimum atomic E-state index is -3.43. The smallest absolute Gasteiger partial charge is 0.170 e. The van der Waals surface area contributed by atoms with Crippen LogP contribution in [0.4, 0.5) is 0 Å². The summed E-state index contributed by atoms with van der Waals surface area (Å²) in [7, 11) is -3.43. The molecule has 0 aliphatic heterocycles. The van der Waals surface area contributed by atoms with Crippen molar-refractivity contribution in [3.63, 3.8) is 0 Å². The Morgan fingerprint density at radius 1 is 1.15 bits per heavy atom. The molecule has 0 aliphatic rings. The molecule has 0 aliphatic carbocycles. The maximum atomic E-state index is 12.6. The third kappa shape index (κ3) is 5.27. The number of hydroxylamine groups is 1. The molecule has 0 aromatic rings. The molecule has 0 heterocycles. The molecule has 0 aromatic carbocycles. The first-order valence-corrected chi connectivity index (χ1v) is 8.42. The van der Waals surface area contributed by atoms with Gasteiger partial charge in [-0.15, -0.1) is 0 Å². The molecule has 0 bridgehead atoms. The summed E-state index contributed by atoms with van der Waals surface area (Å²) in [5.74, 6) is 0. The molecular weight excluding hydrogens is 274 g/mol. The fourth-order valence-electron chi connectivity index (χ4n) is 1.45. The average molecular weight is 303 g/mol. The zero-order valence-electron chi connectivity index (χ0n) is 14.0. The highest BCUT2D eigenvalue weighted by Crippen LogP contribution is 2.23. The first kappa shape index (κ1) is 19.2. The van der Waals surface area contributed by atoms with Crippen LogP contribution in [-0.4, -0.2) is 34.9 Å². The van der Waals surface area contributed by atoms with Gasteiger partial charge < -0.3 is 5.21 Å². The lowest BCUT2D eigenvalue weighted by molar-refractivity contribution is -0.531. The van der Waals surface area contributed by atoms with Gasteiger partial charge >= 0.3 is 0 Å². The van der Waals surface area contributed by atoms with Gasteiger partial charge in [0.15, 0.2) is 21.6 Å². The number of hydrogen-bond acceptors (Lipinski definition) is 3. The first-order chi connectivity index (χ1) is 8.69. The molecule has 0 aromatic heterocycles. The van der Waals surface area contributed by atoms with Crippen LogP contribution in [0, 0.1) is 5.21 Å². The van der Waals surface area contributed by atoms with Gasteiger partial charge in [0.25, 0.3) is 0 Å². The lowest BCUT2D eigenvalue weighted by Crippen LogP contribution is -2.41. The van der Waals surface area contributed by atoms with Crippen LogP contribution in [0.3, 0.4) is 0 Å². The normalized spacial score (nSPS) is 15.9. The van der Waals surface area contributed by atoms with Crippen molar-refractivity contribution in [2.45, 2.75) is 77.3 Å². The third-order valence-corrected chi connectivity index (χ3v) is 5.79. The number of sulfone groups is 1. The summed E-state index contributed by atoms with van der Waals surface area (Å²) in [6.45, 7) is 14.1. The highest BCUT2D eigenvalue weighted by Gasteiger charge is 2.38. The summed E-state index contributed by atoms with van der Waals surface area (Å²) in [6, 6.07) is 0. The Bertz CT molecular complexity index is 484. The molecule has 0 amide bonds. The van der Waals surface area contributed by atoms with Crippen LogP contribution in [-0.2, 0) is 9.84 Å². The molecule has 4 nitrogen and oxygen atoms in total. The summed E-state index contributed by atoms with van der Waals surface area (Å²) < 4.78 is 25.1. The van der Waals surface area contributed by atoms with Crippen LogP contribution >= 0.6 is 0 Å². The highest BCUT2D eigenvalue weighted by molar-refractivity contribution is 7.94. The van der Waals surface area contributed by atoms with Gasteiger partial charge in [0.2, 0.25) is 0 Å². The second-order valence-corrected chi connectivity index (χ2v) is 10.3. The summed E-state index contributed by atoms with van der Waals surface area (Å²) >= 11 is 0. The fraction of sp³-hybridized carbons (Fsp3) is 0.800. The topological polar surface area (TPSA) is 60.2 Å². The van der Waals surface area contributed by atoms with Gasteiger partial charge in [-0.3, -0.25) is 0 Å². The van der Waals surface area contributed by atoms with E-state index in [9.17, 15) is 13.6 Å². The van der Waals surface area contributed by atoms with Crippen LogP contribution in [0.15, 0.2) is 11.6 Å². The quantitative estimate of drug-likeness (QED) is 0.263. The van der Waals surface area contributed by atoms with Gasteiger partial charge in [0.05, 0.1) is 4.75 Å². The van der Waals surface area contributed by atoms with E-state index in [0.29, 0.717) is 6.42 Å². The molecule has 0 spiro atoms. The van der Waals surface area contributed by atoms with Crippen LogP contribution in [0.25, 0.3) is 0 Å². The molecule has 5 heteroatoms. The summed E-state index contributed by atoms with van der Waals surface area (Å²) in [6.07, 6.45) is 3.50. The first-order valence-electron chi connectivity index (χ1n) is 6.88. The summed E-state index contributed by atoms with van der Waals surface area (Å²) in [5, 5.41) is 11.3. The zero-order chi connectivity index (χ0) is 16.4. The lowest BCUT2D eigenvalue weighted by atomic mass is 10.1. The van der Waals surface area contributed by atoms with Gasteiger partial charge in [0.1, 0.15) is 5.25 Å². The molecule has 0 saturated heterocycles. The Morgan fingerprint density at radius 3 is 1.90 bits per heavy atom. The molecular formula is C15H29NO3S. The van der Waals surface area contributed by atoms with E-state index in [1.165, 1.54) is 6.21 Å². The van der Waals surface area contributed by atoms with Crippen molar-refractivity contribution >= 4 is 16.1 Å². The number of hydrogen-bond donors (Lipinski definition) is 0.